The summed E-state index contributed by atoms with van der Waals surface area (Å²) in [7, 11) is 0. The quantitative estimate of drug-likeness (QED) is 0.415. The highest BCUT2D eigenvalue weighted by molar-refractivity contribution is 5.78. The largest absolute Gasteiger partial charge is 0.0622 e. The molecular formula is C33H48. The molecule has 0 heterocycles. The molecule has 4 rings (SSSR count). The van der Waals surface area contributed by atoms with Gasteiger partial charge in [-0.05, 0) is 94.2 Å². The van der Waals surface area contributed by atoms with Crippen molar-refractivity contribution in [1.82, 2.24) is 0 Å². The molecule has 0 bridgehead atoms. The number of rotatable bonds is 6. The topological polar surface area (TPSA) is 0 Å². The van der Waals surface area contributed by atoms with Crippen LogP contribution in [0, 0.1) is 0 Å². The summed E-state index contributed by atoms with van der Waals surface area (Å²) in [4.78, 5) is 0. The highest BCUT2D eigenvalue weighted by atomic mass is 14.4. The molecule has 0 N–H and O–H groups in total. The van der Waals surface area contributed by atoms with Gasteiger partial charge in [-0.15, -0.1) is 0 Å². The fourth-order valence-electron chi connectivity index (χ4n) is 7.26. The second-order valence-electron chi connectivity index (χ2n) is 11.9. The molecule has 2 aromatic rings. The Labute approximate surface area is 204 Å². The van der Waals surface area contributed by atoms with Gasteiger partial charge in [-0.1, -0.05) is 110 Å². The van der Waals surface area contributed by atoms with E-state index in [2.05, 4.69) is 71.9 Å². The minimum atomic E-state index is 0.540. The van der Waals surface area contributed by atoms with Gasteiger partial charge in [-0.2, -0.15) is 0 Å². The van der Waals surface area contributed by atoms with E-state index in [1.54, 1.807) is 27.8 Å². The maximum atomic E-state index is 2.48. The van der Waals surface area contributed by atoms with Crippen LogP contribution in [0.15, 0.2) is 30.3 Å². The first-order valence-electron chi connectivity index (χ1n) is 14.2. The molecule has 0 unspecified atom stereocenters. The smallest absolute Gasteiger partial charge is 0.0108 e. The molecule has 180 valence electrons. The Morgan fingerprint density at radius 3 is 1.42 bits per heavy atom. The summed E-state index contributed by atoms with van der Waals surface area (Å²) in [5.41, 5.74) is 11.8. The predicted molar refractivity (Wildman–Crippen MR) is 146 cm³/mol. The molecule has 0 saturated heterocycles. The molecule has 0 aromatic heterocycles. The van der Waals surface area contributed by atoms with Crippen LogP contribution in [0.1, 0.15) is 163 Å². The minimum absolute atomic E-state index is 0.540. The lowest BCUT2D eigenvalue weighted by atomic mass is 9.66. The number of hydrogen-bond acceptors (Lipinski definition) is 0. The lowest BCUT2D eigenvalue weighted by Crippen LogP contribution is -2.21. The van der Waals surface area contributed by atoms with Crippen molar-refractivity contribution in [2.75, 3.05) is 0 Å². The number of benzene rings is 2. The first-order valence-corrected chi connectivity index (χ1v) is 14.2. The van der Waals surface area contributed by atoms with Gasteiger partial charge in [-0.25, -0.2) is 0 Å². The second-order valence-corrected chi connectivity index (χ2v) is 11.9. The van der Waals surface area contributed by atoms with Gasteiger partial charge in [0.15, 0.2) is 0 Å². The molecule has 0 nitrogen and oxygen atoms in total. The van der Waals surface area contributed by atoms with Crippen LogP contribution in [0.2, 0.25) is 0 Å². The summed E-state index contributed by atoms with van der Waals surface area (Å²) in [5, 5.41) is 0. The van der Waals surface area contributed by atoms with Gasteiger partial charge in [0.1, 0.15) is 0 Å². The molecular weight excluding hydrogens is 396 g/mol. The molecule has 2 fully saturated rings. The van der Waals surface area contributed by atoms with Gasteiger partial charge in [0.25, 0.3) is 0 Å². The van der Waals surface area contributed by atoms with Crippen molar-refractivity contribution in [3.8, 4) is 11.1 Å². The zero-order valence-corrected chi connectivity index (χ0v) is 22.3. The van der Waals surface area contributed by atoms with Crippen LogP contribution in [-0.2, 0) is 0 Å². The Morgan fingerprint density at radius 1 is 0.515 bits per heavy atom. The number of hydrogen-bond donors (Lipinski definition) is 0. The summed E-state index contributed by atoms with van der Waals surface area (Å²) >= 11 is 0. The summed E-state index contributed by atoms with van der Waals surface area (Å²) in [6.07, 6.45) is 14.1. The lowest BCUT2D eigenvalue weighted by Gasteiger charge is -2.39. The molecule has 0 spiro atoms. The Bertz CT molecular complexity index is 903. The highest BCUT2D eigenvalue weighted by Crippen LogP contribution is 2.53. The predicted octanol–water partition coefficient (Wildman–Crippen LogP) is 10.8. The van der Waals surface area contributed by atoms with Crippen LogP contribution in [0.3, 0.4) is 0 Å². The SMILES string of the molecule is CC(C)c1c(-c2ccccc2)c(C2CCCCC2)c(C2CCCCC2)c(C(C)C)c1C(C)C. The Morgan fingerprint density at radius 2 is 0.970 bits per heavy atom. The Balaban J connectivity index is 2.15. The molecule has 2 saturated carbocycles. The maximum Gasteiger partial charge on any atom is -0.0108 e. The molecule has 0 aliphatic heterocycles. The van der Waals surface area contributed by atoms with E-state index in [9.17, 15) is 0 Å². The molecule has 2 aromatic carbocycles. The first-order chi connectivity index (χ1) is 15.9. The van der Waals surface area contributed by atoms with Crippen molar-refractivity contribution < 1.29 is 0 Å². The van der Waals surface area contributed by atoms with Crippen molar-refractivity contribution in [3.05, 3.63) is 58.1 Å². The van der Waals surface area contributed by atoms with Crippen LogP contribution in [0.5, 0.6) is 0 Å². The summed E-state index contributed by atoms with van der Waals surface area (Å²) in [5.74, 6) is 3.18. The zero-order valence-electron chi connectivity index (χ0n) is 22.3. The zero-order chi connectivity index (χ0) is 23.5. The summed E-state index contributed by atoms with van der Waals surface area (Å²) in [6.45, 7) is 14.7. The normalized spacial score (nSPS) is 18.6. The van der Waals surface area contributed by atoms with E-state index in [1.165, 1.54) is 69.8 Å². The van der Waals surface area contributed by atoms with Crippen LogP contribution in [0.25, 0.3) is 11.1 Å². The van der Waals surface area contributed by atoms with Gasteiger partial charge >= 0.3 is 0 Å². The monoisotopic (exact) mass is 444 g/mol. The molecule has 2 aliphatic rings. The van der Waals surface area contributed by atoms with E-state index < -0.39 is 0 Å². The van der Waals surface area contributed by atoms with Crippen LogP contribution in [-0.4, -0.2) is 0 Å². The van der Waals surface area contributed by atoms with Gasteiger partial charge in [-0.3, -0.25) is 0 Å². The van der Waals surface area contributed by atoms with E-state index >= 15 is 0 Å². The van der Waals surface area contributed by atoms with Crippen LogP contribution >= 0.6 is 0 Å². The molecule has 33 heavy (non-hydrogen) atoms. The van der Waals surface area contributed by atoms with Gasteiger partial charge in [0, 0.05) is 0 Å². The van der Waals surface area contributed by atoms with Gasteiger partial charge in [0.05, 0.1) is 0 Å². The van der Waals surface area contributed by atoms with Crippen LogP contribution in [0.4, 0.5) is 0 Å². The van der Waals surface area contributed by atoms with Crippen molar-refractivity contribution in [2.45, 2.75) is 135 Å². The average molecular weight is 445 g/mol. The Hall–Kier alpha value is -1.56. The maximum absolute atomic E-state index is 2.48. The van der Waals surface area contributed by atoms with Crippen molar-refractivity contribution in [1.29, 1.82) is 0 Å². The van der Waals surface area contributed by atoms with E-state index in [4.69, 9.17) is 0 Å². The first kappa shape index (κ1) is 24.6. The van der Waals surface area contributed by atoms with E-state index in [0.717, 1.165) is 11.8 Å². The molecule has 2 aliphatic carbocycles. The standard InChI is InChI=1S/C33H48/c1-22(2)28-29(23(3)4)31(25-16-10-7-11-17-25)33(27-20-14-9-15-21-27)32(30(28)24(5)6)26-18-12-8-13-19-26/h7,10-11,16-17,22-24,26-27H,8-9,12-15,18-21H2,1-6H3. The fraction of sp³-hybridized carbons (Fsp3) is 0.636. The lowest BCUT2D eigenvalue weighted by molar-refractivity contribution is 0.415. The third-order valence-corrected chi connectivity index (χ3v) is 8.52. The van der Waals surface area contributed by atoms with E-state index in [1.807, 2.05) is 5.56 Å². The molecule has 0 atom stereocenters. The second kappa shape index (κ2) is 10.8. The summed E-state index contributed by atoms with van der Waals surface area (Å²) in [6, 6.07) is 11.5. The third-order valence-electron chi connectivity index (χ3n) is 8.52. The molecule has 0 amide bonds. The summed E-state index contributed by atoms with van der Waals surface area (Å²) < 4.78 is 0. The van der Waals surface area contributed by atoms with Gasteiger partial charge < -0.3 is 0 Å². The van der Waals surface area contributed by atoms with Crippen molar-refractivity contribution in [2.24, 2.45) is 0 Å². The van der Waals surface area contributed by atoms with E-state index in [0.29, 0.717) is 17.8 Å². The van der Waals surface area contributed by atoms with Gasteiger partial charge in [0.2, 0.25) is 0 Å². The van der Waals surface area contributed by atoms with Crippen LogP contribution < -0.4 is 0 Å². The van der Waals surface area contributed by atoms with Crippen molar-refractivity contribution >= 4 is 0 Å². The van der Waals surface area contributed by atoms with E-state index in [-0.39, 0.29) is 0 Å². The highest BCUT2D eigenvalue weighted by Gasteiger charge is 2.35. The Kier molecular flexibility index (Phi) is 8.03. The molecule has 0 radical (unpaired) electrons. The minimum Gasteiger partial charge on any atom is -0.0622 e. The molecule has 0 heteroatoms. The third kappa shape index (κ3) is 4.96. The fourth-order valence-corrected chi connectivity index (χ4v) is 7.26. The average Bonchev–Trinajstić information content (AvgIpc) is 2.83. The van der Waals surface area contributed by atoms with Crippen molar-refractivity contribution in [3.63, 3.8) is 0 Å².